The molecule has 1 aliphatic heterocycles. The standard InChI is InChI=1S/C28H32N4O6S/c1-28(30-2,27(29)35)21-16-31(25(33)17-39(4,36)37)22-11-7-8-12-23(22)32(26(21)34)15-20-19-10-6-5-9-18(19)13-14-24(20)38-3/h5-14,21,30H,15-17H2,1-4H3,(H2,29,35)/t21-,28?/m1/s1. The normalized spacial score (nSPS) is 17.3. The lowest BCUT2D eigenvalue weighted by molar-refractivity contribution is -0.133. The van der Waals surface area contributed by atoms with E-state index in [0.29, 0.717) is 17.1 Å². The Labute approximate surface area is 227 Å². The first-order valence-corrected chi connectivity index (χ1v) is 14.4. The average molecular weight is 553 g/mol. The third kappa shape index (κ3) is 5.32. The lowest BCUT2D eigenvalue weighted by Crippen LogP contribution is -2.63. The van der Waals surface area contributed by atoms with Gasteiger partial charge in [0.1, 0.15) is 17.0 Å². The predicted molar refractivity (Wildman–Crippen MR) is 150 cm³/mol. The van der Waals surface area contributed by atoms with Crippen LogP contribution >= 0.6 is 0 Å². The smallest absolute Gasteiger partial charge is 0.242 e. The second-order valence-electron chi connectivity index (χ2n) is 9.82. The third-order valence-corrected chi connectivity index (χ3v) is 8.11. The van der Waals surface area contributed by atoms with Gasteiger partial charge in [0, 0.05) is 18.4 Å². The number of hydrogen-bond donors (Lipinski definition) is 2. The summed E-state index contributed by atoms with van der Waals surface area (Å²) in [6.45, 7) is 1.31. The van der Waals surface area contributed by atoms with Crippen LogP contribution in [0.5, 0.6) is 5.75 Å². The van der Waals surface area contributed by atoms with Gasteiger partial charge in [-0.15, -0.1) is 0 Å². The fourth-order valence-corrected chi connectivity index (χ4v) is 5.62. The maximum atomic E-state index is 14.4. The van der Waals surface area contributed by atoms with Crippen LogP contribution in [0, 0.1) is 5.92 Å². The molecule has 39 heavy (non-hydrogen) atoms. The van der Waals surface area contributed by atoms with Gasteiger partial charge in [0.15, 0.2) is 9.84 Å². The summed E-state index contributed by atoms with van der Waals surface area (Å²) in [4.78, 5) is 43.2. The minimum absolute atomic E-state index is 0.0591. The van der Waals surface area contributed by atoms with Crippen LogP contribution in [0.3, 0.4) is 0 Å². The molecule has 10 nitrogen and oxygen atoms in total. The number of sulfone groups is 1. The van der Waals surface area contributed by atoms with Crippen molar-refractivity contribution >= 4 is 49.7 Å². The Morgan fingerprint density at radius 2 is 1.72 bits per heavy atom. The van der Waals surface area contributed by atoms with Gasteiger partial charge < -0.3 is 25.6 Å². The van der Waals surface area contributed by atoms with Crippen molar-refractivity contribution in [2.24, 2.45) is 11.7 Å². The Kier molecular flexibility index (Phi) is 7.67. The van der Waals surface area contributed by atoms with E-state index < -0.39 is 44.8 Å². The van der Waals surface area contributed by atoms with Crippen molar-refractivity contribution in [3.8, 4) is 5.75 Å². The number of anilines is 2. The molecule has 0 aromatic heterocycles. The van der Waals surface area contributed by atoms with Crippen LogP contribution in [0.1, 0.15) is 12.5 Å². The molecule has 0 aliphatic carbocycles. The van der Waals surface area contributed by atoms with Gasteiger partial charge >= 0.3 is 0 Å². The number of hydrogen-bond acceptors (Lipinski definition) is 7. The summed E-state index contributed by atoms with van der Waals surface area (Å²) in [5, 5.41) is 4.70. The molecule has 0 bridgehead atoms. The number of nitrogens with two attached hydrogens (primary N) is 1. The summed E-state index contributed by atoms with van der Waals surface area (Å²) in [7, 11) is -0.627. The highest BCUT2D eigenvalue weighted by Crippen LogP contribution is 2.40. The molecule has 206 valence electrons. The first-order chi connectivity index (χ1) is 18.4. The van der Waals surface area contributed by atoms with Crippen LogP contribution in [0.25, 0.3) is 10.8 Å². The fraction of sp³-hybridized carbons (Fsp3) is 0.321. The molecule has 0 spiro atoms. The molecule has 3 aromatic carbocycles. The Morgan fingerprint density at radius 3 is 2.33 bits per heavy atom. The minimum Gasteiger partial charge on any atom is -0.496 e. The number of carbonyl (C=O) groups is 3. The molecule has 1 unspecified atom stereocenters. The number of amides is 3. The summed E-state index contributed by atoms with van der Waals surface area (Å²) < 4.78 is 29.8. The van der Waals surface area contributed by atoms with Crippen LogP contribution in [0.2, 0.25) is 0 Å². The Hall–Kier alpha value is -3.96. The zero-order chi connectivity index (χ0) is 28.5. The first kappa shape index (κ1) is 28.1. The van der Waals surface area contributed by atoms with E-state index in [1.165, 1.54) is 23.8 Å². The van der Waals surface area contributed by atoms with Gasteiger partial charge in [-0.3, -0.25) is 14.4 Å². The third-order valence-electron chi connectivity index (χ3n) is 7.34. The number of methoxy groups -OCH3 is 1. The van der Waals surface area contributed by atoms with Crippen molar-refractivity contribution in [2.45, 2.75) is 19.0 Å². The molecule has 2 atom stereocenters. The molecule has 0 saturated heterocycles. The highest BCUT2D eigenvalue weighted by atomic mass is 32.2. The summed E-state index contributed by atoms with van der Waals surface area (Å²) in [5.74, 6) is -3.29. The number of carbonyl (C=O) groups excluding carboxylic acids is 3. The average Bonchev–Trinajstić information content (AvgIpc) is 3.02. The van der Waals surface area contributed by atoms with E-state index in [4.69, 9.17) is 10.5 Å². The summed E-state index contributed by atoms with van der Waals surface area (Å²) in [6.07, 6.45) is 0.970. The van der Waals surface area contributed by atoms with Crippen molar-refractivity contribution in [3.05, 3.63) is 66.2 Å². The highest BCUT2D eigenvalue weighted by Gasteiger charge is 2.49. The molecule has 1 heterocycles. The minimum atomic E-state index is -3.68. The fourth-order valence-electron chi connectivity index (χ4n) is 5.02. The highest BCUT2D eigenvalue weighted by molar-refractivity contribution is 7.91. The number of nitrogens with one attached hydrogen (secondary N) is 1. The van der Waals surface area contributed by atoms with E-state index in [-0.39, 0.29) is 13.1 Å². The van der Waals surface area contributed by atoms with Crippen LogP contribution in [0.4, 0.5) is 11.4 Å². The number of nitrogens with zero attached hydrogens (tertiary/aromatic N) is 2. The number of ether oxygens (including phenoxy) is 1. The molecule has 1 aliphatic rings. The number of primary amides is 1. The SMILES string of the molecule is CNC(C)(C(N)=O)[C@@H]1CN(C(=O)CS(C)(=O)=O)c2ccccc2N(Cc2c(OC)ccc3ccccc23)C1=O. The van der Waals surface area contributed by atoms with Crippen molar-refractivity contribution in [1.29, 1.82) is 0 Å². The molecule has 0 fully saturated rings. The number of fused-ring (bicyclic) bond motifs is 2. The second-order valence-corrected chi connectivity index (χ2v) is 12.0. The largest absolute Gasteiger partial charge is 0.496 e. The number of rotatable bonds is 8. The maximum absolute atomic E-state index is 14.4. The monoisotopic (exact) mass is 552 g/mol. The Bertz CT molecular complexity index is 1560. The van der Waals surface area contributed by atoms with E-state index in [2.05, 4.69) is 5.32 Å². The van der Waals surface area contributed by atoms with Crippen LogP contribution in [-0.2, 0) is 30.8 Å². The molecule has 3 N–H and O–H groups in total. The summed E-state index contributed by atoms with van der Waals surface area (Å²) >= 11 is 0. The molecular weight excluding hydrogens is 520 g/mol. The van der Waals surface area contributed by atoms with Crippen LogP contribution < -0.4 is 25.6 Å². The molecular formula is C28H32N4O6S. The van der Waals surface area contributed by atoms with Gasteiger partial charge in [-0.2, -0.15) is 0 Å². The van der Waals surface area contributed by atoms with E-state index in [1.807, 2.05) is 36.4 Å². The topological polar surface area (TPSA) is 139 Å². The van der Waals surface area contributed by atoms with Gasteiger partial charge in [-0.1, -0.05) is 42.5 Å². The van der Waals surface area contributed by atoms with Crippen molar-refractivity contribution in [2.75, 3.05) is 42.5 Å². The molecule has 0 saturated carbocycles. The van der Waals surface area contributed by atoms with Crippen LogP contribution in [0.15, 0.2) is 60.7 Å². The number of para-hydroxylation sites is 2. The number of likely N-dealkylation sites (N-methyl/N-ethyl adjacent to an activating group) is 1. The second kappa shape index (κ2) is 10.7. The first-order valence-electron chi connectivity index (χ1n) is 12.3. The Balaban J connectivity index is 1.95. The molecule has 11 heteroatoms. The zero-order valence-corrected chi connectivity index (χ0v) is 23.1. The molecule has 4 rings (SSSR count). The summed E-state index contributed by atoms with van der Waals surface area (Å²) in [5.41, 5.74) is 5.71. The molecule has 0 radical (unpaired) electrons. The van der Waals surface area contributed by atoms with E-state index >= 15 is 0 Å². The van der Waals surface area contributed by atoms with Crippen molar-refractivity contribution in [1.82, 2.24) is 5.32 Å². The quantitative estimate of drug-likeness (QED) is 0.435. The maximum Gasteiger partial charge on any atom is 0.242 e. The van der Waals surface area contributed by atoms with E-state index in [0.717, 1.165) is 22.6 Å². The lowest BCUT2D eigenvalue weighted by atomic mass is 9.83. The molecule has 3 amide bonds. The Morgan fingerprint density at radius 1 is 1.08 bits per heavy atom. The van der Waals surface area contributed by atoms with Crippen LogP contribution in [-0.4, -0.2) is 64.4 Å². The van der Waals surface area contributed by atoms with Gasteiger partial charge in [-0.05, 0) is 42.9 Å². The van der Waals surface area contributed by atoms with Crippen molar-refractivity contribution < 1.29 is 27.5 Å². The predicted octanol–water partition coefficient (Wildman–Crippen LogP) is 1.85. The zero-order valence-electron chi connectivity index (χ0n) is 22.3. The molecule has 3 aromatic rings. The van der Waals surface area contributed by atoms with Gasteiger partial charge in [-0.25, -0.2) is 8.42 Å². The lowest BCUT2D eigenvalue weighted by Gasteiger charge is -2.36. The number of benzene rings is 3. The summed E-state index contributed by atoms with van der Waals surface area (Å²) in [6, 6.07) is 18.2. The van der Waals surface area contributed by atoms with Gasteiger partial charge in [0.2, 0.25) is 17.7 Å². The van der Waals surface area contributed by atoms with Gasteiger partial charge in [0.05, 0.1) is 30.9 Å². The van der Waals surface area contributed by atoms with E-state index in [9.17, 15) is 22.8 Å². The van der Waals surface area contributed by atoms with Crippen molar-refractivity contribution in [3.63, 3.8) is 0 Å². The van der Waals surface area contributed by atoms with E-state index in [1.54, 1.807) is 31.4 Å². The van der Waals surface area contributed by atoms with Gasteiger partial charge in [0.25, 0.3) is 0 Å².